The summed E-state index contributed by atoms with van der Waals surface area (Å²) in [6.07, 6.45) is 4.43. The van der Waals surface area contributed by atoms with E-state index in [2.05, 4.69) is 47.0 Å². The Morgan fingerprint density at radius 3 is 1.38 bits per heavy atom. The molecule has 3 fully saturated rings. The second kappa shape index (κ2) is 3.46. The van der Waals surface area contributed by atoms with Gasteiger partial charge >= 0.3 is 0 Å². The van der Waals surface area contributed by atoms with Crippen molar-refractivity contribution in [3.05, 3.63) is 0 Å². The molecule has 74 valence electrons. The quantitative estimate of drug-likeness (QED) is 0.645. The fraction of sp³-hybridized carbons (Fsp3) is 1.00. The van der Waals surface area contributed by atoms with E-state index in [0.717, 1.165) is 0 Å². The minimum Gasteiger partial charge on any atom is -0.143 e. The van der Waals surface area contributed by atoms with Gasteiger partial charge in [-0.1, -0.05) is 0 Å². The van der Waals surface area contributed by atoms with E-state index in [1.165, 1.54) is 42.3 Å². The van der Waals surface area contributed by atoms with Gasteiger partial charge in [-0.05, 0) is 19.3 Å². The summed E-state index contributed by atoms with van der Waals surface area (Å²) < 4.78 is 1.31. The molecule has 3 rings (SSSR count). The molecule has 0 aromatic heterocycles. The molecule has 0 N–H and O–H groups in total. The first-order valence-electron chi connectivity index (χ1n) is 4.89. The van der Waals surface area contributed by atoms with Crippen molar-refractivity contribution >= 4 is 47.0 Å². The second-order valence-corrected chi connectivity index (χ2v) is 10.3. The van der Waals surface area contributed by atoms with Crippen LogP contribution in [0.2, 0.25) is 0 Å². The minimum absolute atomic E-state index is 0.657. The normalized spacial score (nSPS) is 35.1. The van der Waals surface area contributed by atoms with Crippen LogP contribution < -0.4 is 0 Å². The molecule has 13 heavy (non-hydrogen) atoms. The van der Waals surface area contributed by atoms with Crippen molar-refractivity contribution in [1.29, 1.82) is 0 Å². The van der Waals surface area contributed by atoms with Crippen LogP contribution in [0.5, 0.6) is 0 Å². The van der Waals surface area contributed by atoms with E-state index in [9.17, 15) is 0 Å². The zero-order valence-electron chi connectivity index (χ0n) is 7.58. The van der Waals surface area contributed by atoms with Crippen LogP contribution in [-0.2, 0) is 0 Å². The Labute approximate surface area is 97.1 Å². The van der Waals surface area contributed by atoms with E-state index in [0.29, 0.717) is 8.16 Å². The average Bonchev–Trinajstić information content (AvgIpc) is 2.81. The van der Waals surface area contributed by atoms with Gasteiger partial charge in [0.1, 0.15) is 0 Å². The molecule has 0 aromatic carbocycles. The van der Waals surface area contributed by atoms with Crippen molar-refractivity contribution in [3.63, 3.8) is 0 Å². The third-order valence-electron chi connectivity index (χ3n) is 3.05. The van der Waals surface area contributed by atoms with Crippen molar-refractivity contribution in [2.24, 2.45) is 0 Å². The van der Waals surface area contributed by atoms with Crippen molar-refractivity contribution < 1.29 is 0 Å². The van der Waals surface area contributed by atoms with Crippen LogP contribution in [0.1, 0.15) is 19.3 Å². The van der Waals surface area contributed by atoms with Gasteiger partial charge in [-0.3, -0.25) is 0 Å². The van der Waals surface area contributed by atoms with Crippen molar-refractivity contribution in [1.82, 2.24) is 0 Å². The molecule has 0 atom stereocenters. The SMILES string of the molecule is C1CSC2(CCC3(C2)SCCS3)S1. The van der Waals surface area contributed by atoms with E-state index in [4.69, 9.17) is 0 Å². The van der Waals surface area contributed by atoms with Crippen LogP contribution in [0.15, 0.2) is 0 Å². The second-order valence-electron chi connectivity index (χ2n) is 3.89. The van der Waals surface area contributed by atoms with Gasteiger partial charge in [-0.15, -0.1) is 47.0 Å². The predicted molar refractivity (Wildman–Crippen MR) is 69.1 cm³/mol. The number of rotatable bonds is 0. The van der Waals surface area contributed by atoms with Gasteiger partial charge in [-0.25, -0.2) is 0 Å². The van der Waals surface area contributed by atoms with Crippen molar-refractivity contribution in [3.8, 4) is 0 Å². The molecule has 2 spiro atoms. The van der Waals surface area contributed by atoms with E-state index in [1.807, 2.05) is 0 Å². The number of hydrogen-bond acceptors (Lipinski definition) is 4. The molecular formula is C9H14S4. The number of hydrogen-bond donors (Lipinski definition) is 0. The Kier molecular flexibility index (Phi) is 2.56. The molecule has 0 bridgehead atoms. The Morgan fingerprint density at radius 1 is 0.615 bits per heavy atom. The van der Waals surface area contributed by atoms with Crippen LogP contribution >= 0.6 is 47.0 Å². The molecule has 0 aromatic rings. The highest BCUT2D eigenvalue weighted by molar-refractivity contribution is 8.23. The molecule has 0 radical (unpaired) electrons. The van der Waals surface area contributed by atoms with Crippen LogP contribution in [0.3, 0.4) is 0 Å². The molecule has 0 nitrogen and oxygen atoms in total. The van der Waals surface area contributed by atoms with Gasteiger partial charge in [0.25, 0.3) is 0 Å². The third kappa shape index (κ3) is 1.66. The molecular weight excluding hydrogens is 236 g/mol. The molecule has 0 unspecified atom stereocenters. The van der Waals surface area contributed by atoms with Gasteiger partial charge in [-0.2, -0.15) is 0 Å². The van der Waals surface area contributed by atoms with Crippen LogP contribution in [0.4, 0.5) is 0 Å². The van der Waals surface area contributed by atoms with Crippen LogP contribution in [0, 0.1) is 0 Å². The minimum atomic E-state index is 0.657. The van der Waals surface area contributed by atoms with Gasteiger partial charge in [0.15, 0.2) is 0 Å². The fourth-order valence-electron chi connectivity index (χ4n) is 2.45. The summed E-state index contributed by atoms with van der Waals surface area (Å²) in [5, 5.41) is 0. The Hall–Kier alpha value is 1.40. The molecule has 1 saturated carbocycles. The zero-order chi connectivity index (χ0) is 8.78. The highest BCUT2D eigenvalue weighted by Crippen LogP contribution is 2.65. The predicted octanol–water partition coefficient (Wildman–Crippen LogP) is 3.52. The Morgan fingerprint density at radius 2 is 1.00 bits per heavy atom. The highest BCUT2D eigenvalue weighted by atomic mass is 32.2. The van der Waals surface area contributed by atoms with Crippen molar-refractivity contribution in [2.45, 2.75) is 27.4 Å². The monoisotopic (exact) mass is 250 g/mol. The molecule has 2 heterocycles. The first kappa shape index (κ1) is 9.61. The summed E-state index contributed by atoms with van der Waals surface area (Å²) in [6, 6.07) is 0. The van der Waals surface area contributed by atoms with Gasteiger partial charge in [0.2, 0.25) is 0 Å². The molecule has 3 aliphatic rings. The summed E-state index contributed by atoms with van der Waals surface area (Å²) in [6.45, 7) is 0. The maximum Gasteiger partial charge on any atom is 0.0633 e. The summed E-state index contributed by atoms with van der Waals surface area (Å²) in [5.41, 5.74) is 0. The Balaban J connectivity index is 1.76. The lowest BCUT2D eigenvalue weighted by Crippen LogP contribution is -2.17. The van der Waals surface area contributed by atoms with Crippen molar-refractivity contribution in [2.75, 3.05) is 23.0 Å². The lowest BCUT2D eigenvalue weighted by molar-refractivity contribution is 0.841. The summed E-state index contributed by atoms with van der Waals surface area (Å²) >= 11 is 9.00. The van der Waals surface area contributed by atoms with E-state index in [1.54, 1.807) is 0 Å². The number of thioether (sulfide) groups is 4. The molecule has 1 aliphatic carbocycles. The first-order chi connectivity index (χ1) is 6.33. The Bertz CT molecular complexity index is 182. The van der Waals surface area contributed by atoms with Crippen LogP contribution in [-0.4, -0.2) is 31.2 Å². The molecule has 4 heteroatoms. The third-order valence-corrected chi connectivity index (χ3v) is 10.1. The summed E-state index contributed by atoms with van der Waals surface area (Å²) in [4.78, 5) is 0. The summed E-state index contributed by atoms with van der Waals surface area (Å²) in [5.74, 6) is 5.60. The molecule has 2 aliphatic heterocycles. The fourth-order valence-corrected chi connectivity index (χ4v) is 9.69. The maximum absolute atomic E-state index is 2.25. The molecule has 0 amide bonds. The largest absolute Gasteiger partial charge is 0.143 e. The van der Waals surface area contributed by atoms with E-state index < -0.39 is 0 Å². The smallest absolute Gasteiger partial charge is 0.0633 e. The van der Waals surface area contributed by atoms with Gasteiger partial charge in [0.05, 0.1) is 8.16 Å². The van der Waals surface area contributed by atoms with Gasteiger partial charge in [0, 0.05) is 23.0 Å². The maximum atomic E-state index is 2.25. The lowest BCUT2D eigenvalue weighted by Gasteiger charge is -2.25. The van der Waals surface area contributed by atoms with E-state index in [-0.39, 0.29) is 0 Å². The standard InChI is InChI=1S/C9H14S4/c1-2-9(12-5-6-13-9)7-8(1)10-3-4-11-8/h1-7H2. The highest BCUT2D eigenvalue weighted by Gasteiger charge is 2.52. The van der Waals surface area contributed by atoms with E-state index >= 15 is 0 Å². The zero-order valence-corrected chi connectivity index (χ0v) is 10.8. The topological polar surface area (TPSA) is 0 Å². The lowest BCUT2D eigenvalue weighted by atomic mass is 10.3. The first-order valence-corrected chi connectivity index (χ1v) is 8.83. The summed E-state index contributed by atoms with van der Waals surface area (Å²) in [7, 11) is 0. The van der Waals surface area contributed by atoms with Crippen LogP contribution in [0.25, 0.3) is 0 Å². The average molecular weight is 250 g/mol. The van der Waals surface area contributed by atoms with Gasteiger partial charge < -0.3 is 0 Å². The molecule has 2 saturated heterocycles.